The Morgan fingerprint density at radius 3 is 2.81 bits per heavy atom. The van der Waals surface area contributed by atoms with Gasteiger partial charge in [-0.05, 0) is 44.2 Å². The van der Waals surface area contributed by atoms with E-state index in [0.29, 0.717) is 18.2 Å². The number of benzene rings is 1. The first kappa shape index (κ1) is 17.5. The Bertz CT molecular complexity index is 462. The van der Waals surface area contributed by atoms with Gasteiger partial charge in [0, 0.05) is 24.7 Å². The number of carbonyl (C=O) groups excluding carboxylic acids is 1. The minimum atomic E-state index is 0. The Hall–Kier alpha value is -1.52. The summed E-state index contributed by atoms with van der Waals surface area (Å²) in [7, 11) is 1.95. The van der Waals surface area contributed by atoms with Crippen molar-refractivity contribution < 1.29 is 9.53 Å². The molecule has 0 aromatic heterocycles. The van der Waals surface area contributed by atoms with E-state index < -0.39 is 0 Å². The van der Waals surface area contributed by atoms with Crippen LogP contribution < -0.4 is 10.1 Å². The molecular formula is C16H23ClN2O2. The van der Waals surface area contributed by atoms with Crippen LogP contribution in [0.3, 0.4) is 0 Å². The number of amides is 1. The molecule has 116 valence electrons. The van der Waals surface area contributed by atoms with Gasteiger partial charge >= 0.3 is 0 Å². The average Bonchev–Trinajstić information content (AvgIpc) is 2.52. The van der Waals surface area contributed by atoms with Crippen molar-refractivity contribution in [2.45, 2.75) is 18.9 Å². The summed E-state index contributed by atoms with van der Waals surface area (Å²) in [4.78, 5) is 14.3. The number of hydrogen-bond donors (Lipinski definition) is 1. The number of carbonyl (C=O) groups is 1. The molecule has 1 aliphatic heterocycles. The van der Waals surface area contributed by atoms with Crippen LogP contribution in [0.2, 0.25) is 0 Å². The Kier molecular flexibility index (Phi) is 7.26. The minimum Gasteiger partial charge on any atom is -0.490 e. The van der Waals surface area contributed by atoms with Crippen LogP contribution in [-0.4, -0.2) is 43.6 Å². The number of ether oxygens (including phenoxy) is 1. The van der Waals surface area contributed by atoms with Crippen LogP contribution in [0.1, 0.15) is 23.2 Å². The SMILES string of the molecule is C=CCOc1ccc(C(=O)N2CCCC(NC)C2)cc1.Cl. The number of halogens is 1. The van der Waals surface area contributed by atoms with E-state index in [0.717, 1.165) is 31.7 Å². The highest BCUT2D eigenvalue weighted by Gasteiger charge is 2.23. The summed E-state index contributed by atoms with van der Waals surface area (Å²) in [5.41, 5.74) is 0.715. The van der Waals surface area contributed by atoms with E-state index in [-0.39, 0.29) is 18.3 Å². The van der Waals surface area contributed by atoms with Crippen LogP contribution in [0.25, 0.3) is 0 Å². The van der Waals surface area contributed by atoms with Crippen molar-refractivity contribution in [3.05, 3.63) is 42.5 Å². The standard InChI is InChI=1S/C16H22N2O2.ClH/c1-3-11-20-15-8-6-13(7-9-15)16(19)18-10-4-5-14(12-18)17-2;/h3,6-9,14,17H,1,4-5,10-12H2,2H3;1H. The summed E-state index contributed by atoms with van der Waals surface area (Å²) >= 11 is 0. The molecule has 1 saturated heterocycles. The van der Waals surface area contributed by atoms with E-state index in [2.05, 4.69) is 11.9 Å². The highest BCUT2D eigenvalue weighted by atomic mass is 35.5. The number of piperidine rings is 1. The summed E-state index contributed by atoms with van der Waals surface area (Å²) < 4.78 is 5.42. The van der Waals surface area contributed by atoms with Crippen molar-refractivity contribution in [1.29, 1.82) is 0 Å². The lowest BCUT2D eigenvalue weighted by Gasteiger charge is -2.32. The van der Waals surface area contributed by atoms with E-state index in [1.54, 1.807) is 6.08 Å². The van der Waals surface area contributed by atoms with Crippen molar-refractivity contribution in [2.24, 2.45) is 0 Å². The van der Waals surface area contributed by atoms with Crippen LogP contribution >= 0.6 is 12.4 Å². The van der Waals surface area contributed by atoms with Gasteiger partial charge in [0.25, 0.3) is 5.91 Å². The van der Waals surface area contributed by atoms with E-state index >= 15 is 0 Å². The maximum absolute atomic E-state index is 12.4. The molecule has 1 aromatic carbocycles. The van der Waals surface area contributed by atoms with Gasteiger partial charge in [-0.2, -0.15) is 0 Å². The molecule has 1 amide bonds. The van der Waals surface area contributed by atoms with Gasteiger partial charge in [-0.25, -0.2) is 0 Å². The lowest BCUT2D eigenvalue weighted by molar-refractivity contribution is 0.0698. The van der Waals surface area contributed by atoms with Gasteiger partial charge in [0.15, 0.2) is 0 Å². The molecule has 1 fully saturated rings. The average molecular weight is 311 g/mol. The molecule has 1 unspecified atom stereocenters. The molecule has 5 heteroatoms. The Balaban J connectivity index is 0.00000220. The van der Waals surface area contributed by atoms with Gasteiger partial charge in [-0.3, -0.25) is 4.79 Å². The molecule has 0 spiro atoms. The zero-order valence-corrected chi connectivity index (χ0v) is 13.2. The van der Waals surface area contributed by atoms with Crippen molar-refractivity contribution >= 4 is 18.3 Å². The van der Waals surface area contributed by atoms with Crippen LogP contribution in [0, 0.1) is 0 Å². The van der Waals surface area contributed by atoms with E-state index in [1.165, 1.54) is 0 Å². The van der Waals surface area contributed by atoms with Crippen molar-refractivity contribution in [3.63, 3.8) is 0 Å². The Morgan fingerprint density at radius 1 is 1.48 bits per heavy atom. The minimum absolute atomic E-state index is 0. The molecule has 0 radical (unpaired) electrons. The number of hydrogen-bond acceptors (Lipinski definition) is 3. The summed E-state index contributed by atoms with van der Waals surface area (Å²) in [6.45, 7) is 5.70. The fourth-order valence-electron chi connectivity index (χ4n) is 2.43. The first-order valence-corrected chi connectivity index (χ1v) is 7.05. The lowest BCUT2D eigenvalue weighted by Crippen LogP contribution is -2.46. The largest absolute Gasteiger partial charge is 0.490 e. The number of likely N-dealkylation sites (N-methyl/N-ethyl adjacent to an activating group) is 1. The summed E-state index contributed by atoms with van der Waals surface area (Å²) in [5, 5.41) is 3.25. The fourth-order valence-corrected chi connectivity index (χ4v) is 2.43. The molecule has 1 aromatic rings. The molecule has 0 bridgehead atoms. The van der Waals surface area contributed by atoms with Gasteiger partial charge in [0.1, 0.15) is 12.4 Å². The highest BCUT2D eigenvalue weighted by Crippen LogP contribution is 2.17. The van der Waals surface area contributed by atoms with Crippen LogP contribution in [0.5, 0.6) is 5.75 Å². The number of nitrogens with one attached hydrogen (secondary N) is 1. The molecule has 0 saturated carbocycles. The summed E-state index contributed by atoms with van der Waals surface area (Å²) in [6, 6.07) is 7.71. The van der Waals surface area contributed by atoms with Crippen LogP contribution in [-0.2, 0) is 0 Å². The molecule has 1 heterocycles. The van der Waals surface area contributed by atoms with Crippen LogP contribution in [0.15, 0.2) is 36.9 Å². The van der Waals surface area contributed by atoms with Crippen molar-refractivity contribution in [3.8, 4) is 5.75 Å². The molecule has 0 aliphatic carbocycles. The lowest BCUT2D eigenvalue weighted by atomic mass is 10.0. The van der Waals surface area contributed by atoms with Crippen LogP contribution in [0.4, 0.5) is 0 Å². The third-order valence-electron chi connectivity index (χ3n) is 3.59. The number of nitrogens with zero attached hydrogens (tertiary/aromatic N) is 1. The quantitative estimate of drug-likeness (QED) is 0.850. The normalized spacial score (nSPS) is 17.8. The van der Waals surface area contributed by atoms with Gasteiger partial charge in [-0.15, -0.1) is 12.4 Å². The molecule has 1 atom stereocenters. The topological polar surface area (TPSA) is 41.6 Å². The summed E-state index contributed by atoms with van der Waals surface area (Å²) in [6.07, 6.45) is 3.89. The first-order valence-electron chi connectivity index (χ1n) is 7.05. The fraction of sp³-hybridized carbons (Fsp3) is 0.438. The van der Waals surface area contributed by atoms with Crippen molar-refractivity contribution in [1.82, 2.24) is 10.2 Å². The van der Waals surface area contributed by atoms with Gasteiger partial charge < -0.3 is 15.0 Å². The molecule has 1 N–H and O–H groups in total. The highest BCUT2D eigenvalue weighted by molar-refractivity contribution is 5.94. The second-order valence-electron chi connectivity index (χ2n) is 5.00. The maximum Gasteiger partial charge on any atom is 0.253 e. The van der Waals surface area contributed by atoms with E-state index in [9.17, 15) is 4.79 Å². The third-order valence-corrected chi connectivity index (χ3v) is 3.59. The Morgan fingerprint density at radius 2 is 2.19 bits per heavy atom. The smallest absolute Gasteiger partial charge is 0.253 e. The predicted octanol–water partition coefficient (Wildman–Crippen LogP) is 2.50. The molecular weight excluding hydrogens is 288 g/mol. The first-order chi connectivity index (χ1) is 9.74. The monoisotopic (exact) mass is 310 g/mol. The molecule has 1 aliphatic rings. The Labute approximate surface area is 132 Å². The molecule has 2 rings (SSSR count). The third kappa shape index (κ3) is 4.76. The summed E-state index contributed by atoms with van der Waals surface area (Å²) in [5.74, 6) is 0.855. The van der Waals surface area contributed by atoms with Gasteiger partial charge in [0.05, 0.1) is 0 Å². The van der Waals surface area contributed by atoms with Gasteiger partial charge in [0.2, 0.25) is 0 Å². The van der Waals surface area contributed by atoms with E-state index in [1.807, 2.05) is 36.2 Å². The number of likely N-dealkylation sites (tertiary alicyclic amines) is 1. The number of rotatable bonds is 5. The van der Waals surface area contributed by atoms with Crippen molar-refractivity contribution in [2.75, 3.05) is 26.7 Å². The zero-order valence-electron chi connectivity index (χ0n) is 12.4. The second kappa shape index (κ2) is 8.70. The van der Waals surface area contributed by atoms with Gasteiger partial charge in [-0.1, -0.05) is 12.7 Å². The maximum atomic E-state index is 12.4. The molecule has 21 heavy (non-hydrogen) atoms. The molecule has 4 nitrogen and oxygen atoms in total. The predicted molar refractivity (Wildman–Crippen MR) is 87.4 cm³/mol. The second-order valence-corrected chi connectivity index (χ2v) is 5.00. The zero-order chi connectivity index (χ0) is 14.4. The van der Waals surface area contributed by atoms with E-state index in [4.69, 9.17) is 4.74 Å².